The Labute approximate surface area is 209 Å². The van der Waals surface area contributed by atoms with Crippen molar-refractivity contribution in [2.75, 3.05) is 25.5 Å². The fourth-order valence-corrected chi connectivity index (χ4v) is 4.55. The van der Waals surface area contributed by atoms with Crippen molar-refractivity contribution < 1.29 is 4.79 Å². The van der Waals surface area contributed by atoms with Crippen LogP contribution in [0.2, 0.25) is 0 Å². The minimum Gasteiger partial charge on any atom is -0.345 e. The van der Waals surface area contributed by atoms with Crippen LogP contribution in [0.15, 0.2) is 71.5 Å². The van der Waals surface area contributed by atoms with Crippen LogP contribution in [0.1, 0.15) is 28.9 Å². The van der Waals surface area contributed by atoms with Crippen LogP contribution in [0.25, 0.3) is 22.2 Å². The normalized spacial score (nSPS) is 12.8. The van der Waals surface area contributed by atoms with Gasteiger partial charge in [-0.05, 0) is 42.5 Å². The zero-order valence-corrected chi connectivity index (χ0v) is 20.6. The van der Waals surface area contributed by atoms with Gasteiger partial charge in [0.15, 0.2) is 0 Å². The van der Waals surface area contributed by atoms with Crippen molar-refractivity contribution in [2.24, 2.45) is 13.0 Å². The molecule has 1 fully saturated rings. The van der Waals surface area contributed by atoms with Crippen molar-refractivity contribution in [3.05, 3.63) is 88.3 Å². The van der Waals surface area contributed by atoms with Gasteiger partial charge in [-0.3, -0.25) is 9.59 Å². The lowest BCUT2D eigenvalue weighted by molar-refractivity contribution is 0.0828. The summed E-state index contributed by atoms with van der Waals surface area (Å²) in [6.45, 7) is 0.637. The Kier molecular flexibility index (Phi) is 6.03. The van der Waals surface area contributed by atoms with E-state index in [0.29, 0.717) is 34.7 Å². The first-order valence-electron chi connectivity index (χ1n) is 12.0. The number of aromatic nitrogens is 2. The van der Waals surface area contributed by atoms with E-state index in [1.165, 1.54) is 4.57 Å². The first-order valence-corrected chi connectivity index (χ1v) is 12.0. The number of rotatable bonds is 6. The minimum atomic E-state index is -0.178. The van der Waals surface area contributed by atoms with E-state index in [-0.39, 0.29) is 17.2 Å². The van der Waals surface area contributed by atoms with Gasteiger partial charge in [0.2, 0.25) is 0 Å². The zero-order chi connectivity index (χ0) is 25.4. The molecule has 7 heteroatoms. The zero-order valence-electron chi connectivity index (χ0n) is 20.6. The highest BCUT2D eigenvalue weighted by Gasteiger charge is 2.31. The van der Waals surface area contributed by atoms with Gasteiger partial charge in [0, 0.05) is 39.3 Å². The molecule has 0 aliphatic heterocycles. The van der Waals surface area contributed by atoms with Crippen LogP contribution in [0.5, 0.6) is 0 Å². The number of benzene rings is 2. The molecule has 2 heterocycles. The van der Waals surface area contributed by atoms with Gasteiger partial charge in [-0.15, -0.1) is 0 Å². The van der Waals surface area contributed by atoms with Gasteiger partial charge < -0.3 is 14.4 Å². The Balaban J connectivity index is 1.86. The van der Waals surface area contributed by atoms with E-state index in [9.17, 15) is 14.9 Å². The third kappa shape index (κ3) is 4.22. The molecule has 0 saturated heterocycles. The first kappa shape index (κ1) is 23.3. The molecule has 0 N–H and O–H groups in total. The van der Waals surface area contributed by atoms with Gasteiger partial charge in [-0.25, -0.2) is 4.98 Å². The Bertz CT molecular complexity index is 1560. The standard InChI is InChI=1S/C29H27N5O2/c1-32(2)29(36)23-11-7-10-22(20-8-5-4-6-9-20)28(23)34(18-19-12-13-19)25-16-26(35)33(3)24-15-14-21(17-30)31-27(24)25/h4-11,14-16,19H,12-13,18H2,1-3H3. The molecule has 4 aromatic rings. The molecule has 2 aromatic carbocycles. The number of hydrogen-bond donors (Lipinski definition) is 0. The molecule has 180 valence electrons. The maximum atomic E-state index is 13.4. The van der Waals surface area contributed by atoms with Crippen molar-refractivity contribution in [1.82, 2.24) is 14.5 Å². The number of pyridine rings is 2. The van der Waals surface area contributed by atoms with Gasteiger partial charge in [0.05, 0.1) is 22.5 Å². The highest BCUT2D eigenvalue weighted by Crippen LogP contribution is 2.43. The van der Waals surface area contributed by atoms with Crippen LogP contribution in [0.3, 0.4) is 0 Å². The molecule has 7 nitrogen and oxygen atoms in total. The second kappa shape index (κ2) is 9.31. The molecule has 0 spiro atoms. The summed E-state index contributed by atoms with van der Waals surface area (Å²) in [6, 6.07) is 22.8. The van der Waals surface area contributed by atoms with Gasteiger partial charge in [0.25, 0.3) is 11.5 Å². The number of carbonyl (C=O) groups excluding carboxylic acids is 1. The van der Waals surface area contributed by atoms with Crippen LogP contribution in [-0.4, -0.2) is 41.0 Å². The Morgan fingerprint density at radius 1 is 1.08 bits per heavy atom. The lowest BCUT2D eigenvalue weighted by Crippen LogP contribution is -2.29. The summed E-state index contributed by atoms with van der Waals surface area (Å²) in [6.07, 6.45) is 2.17. The van der Waals surface area contributed by atoms with E-state index >= 15 is 0 Å². The Hall–Kier alpha value is -4.44. The van der Waals surface area contributed by atoms with Crippen LogP contribution in [0, 0.1) is 17.2 Å². The van der Waals surface area contributed by atoms with E-state index in [1.807, 2.05) is 48.5 Å². The summed E-state index contributed by atoms with van der Waals surface area (Å²) in [5.74, 6) is 0.316. The van der Waals surface area contributed by atoms with Crippen molar-refractivity contribution in [2.45, 2.75) is 12.8 Å². The number of carbonyl (C=O) groups is 1. The second-order valence-corrected chi connectivity index (χ2v) is 9.42. The SMILES string of the molecule is CN(C)C(=O)c1cccc(-c2ccccc2)c1N(CC1CC1)c1cc(=O)n(C)c2ccc(C#N)nc12. The van der Waals surface area contributed by atoms with E-state index in [4.69, 9.17) is 0 Å². The number of nitriles is 1. The third-order valence-corrected chi connectivity index (χ3v) is 6.64. The number of amides is 1. The van der Waals surface area contributed by atoms with E-state index < -0.39 is 0 Å². The molecule has 1 aliphatic rings. The van der Waals surface area contributed by atoms with Gasteiger partial charge in [0.1, 0.15) is 17.3 Å². The molecule has 0 bridgehead atoms. The molecule has 2 aromatic heterocycles. The van der Waals surface area contributed by atoms with Crippen LogP contribution in [0.4, 0.5) is 11.4 Å². The van der Waals surface area contributed by atoms with Crippen LogP contribution in [-0.2, 0) is 7.05 Å². The molecule has 1 saturated carbocycles. The van der Waals surface area contributed by atoms with Crippen molar-refractivity contribution >= 4 is 28.3 Å². The van der Waals surface area contributed by atoms with E-state index in [2.05, 4.69) is 16.0 Å². The predicted molar refractivity (Wildman–Crippen MR) is 141 cm³/mol. The minimum absolute atomic E-state index is 0.123. The topological polar surface area (TPSA) is 82.2 Å². The van der Waals surface area contributed by atoms with E-state index in [0.717, 1.165) is 29.7 Å². The molecule has 1 aliphatic carbocycles. The van der Waals surface area contributed by atoms with Gasteiger partial charge >= 0.3 is 0 Å². The number of hydrogen-bond acceptors (Lipinski definition) is 5. The van der Waals surface area contributed by atoms with E-state index in [1.54, 1.807) is 44.2 Å². The summed E-state index contributed by atoms with van der Waals surface area (Å²) >= 11 is 0. The molecule has 36 heavy (non-hydrogen) atoms. The average molecular weight is 478 g/mol. The van der Waals surface area contributed by atoms with Crippen molar-refractivity contribution in [3.8, 4) is 17.2 Å². The molecule has 0 radical (unpaired) electrons. The molecule has 0 unspecified atom stereocenters. The molecule has 0 atom stereocenters. The number of para-hydroxylation sites is 1. The number of anilines is 2. The average Bonchev–Trinajstić information content (AvgIpc) is 3.73. The number of fused-ring (bicyclic) bond motifs is 1. The third-order valence-electron chi connectivity index (χ3n) is 6.64. The molecule has 1 amide bonds. The lowest BCUT2D eigenvalue weighted by atomic mass is 9.97. The Morgan fingerprint density at radius 2 is 1.83 bits per heavy atom. The lowest BCUT2D eigenvalue weighted by Gasteiger charge is -2.31. The van der Waals surface area contributed by atoms with Gasteiger partial charge in [-0.2, -0.15) is 5.26 Å². The molecule has 5 rings (SSSR count). The maximum absolute atomic E-state index is 13.4. The predicted octanol–water partition coefficient (Wildman–Crippen LogP) is 4.72. The quantitative estimate of drug-likeness (QED) is 0.401. The highest BCUT2D eigenvalue weighted by atomic mass is 16.2. The van der Waals surface area contributed by atoms with Crippen LogP contribution >= 0.6 is 0 Å². The molecular formula is C29H27N5O2. The summed E-state index contributed by atoms with van der Waals surface area (Å²) < 4.78 is 1.54. The molecular weight excluding hydrogens is 450 g/mol. The summed E-state index contributed by atoms with van der Waals surface area (Å²) in [5, 5.41) is 9.55. The Morgan fingerprint density at radius 3 is 2.50 bits per heavy atom. The maximum Gasteiger partial charge on any atom is 0.255 e. The highest BCUT2D eigenvalue weighted by molar-refractivity contribution is 6.06. The van der Waals surface area contributed by atoms with Crippen molar-refractivity contribution in [3.63, 3.8) is 0 Å². The fraction of sp³-hybridized carbons (Fsp3) is 0.241. The monoisotopic (exact) mass is 477 g/mol. The van der Waals surface area contributed by atoms with Crippen LogP contribution < -0.4 is 10.5 Å². The van der Waals surface area contributed by atoms with Crippen molar-refractivity contribution in [1.29, 1.82) is 5.26 Å². The summed E-state index contributed by atoms with van der Waals surface area (Å²) in [7, 11) is 5.17. The smallest absolute Gasteiger partial charge is 0.255 e. The van der Waals surface area contributed by atoms with Gasteiger partial charge in [-0.1, -0.05) is 42.5 Å². The first-order chi connectivity index (χ1) is 17.4. The number of aryl methyl sites for hydroxylation is 1. The fourth-order valence-electron chi connectivity index (χ4n) is 4.55. The second-order valence-electron chi connectivity index (χ2n) is 9.42. The summed E-state index contributed by atoms with van der Waals surface area (Å²) in [4.78, 5) is 34.8. The summed E-state index contributed by atoms with van der Waals surface area (Å²) in [5.41, 5.74) is 5.05. The number of nitrogens with zero attached hydrogens (tertiary/aromatic N) is 5. The largest absolute Gasteiger partial charge is 0.345 e.